The van der Waals surface area contributed by atoms with Crippen molar-refractivity contribution in [3.05, 3.63) is 68.4 Å². The molecule has 0 bridgehead atoms. The molecular formula is C25H23ClN2O3S2. The van der Waals surface area contributed by atoms with E-state index in [1.54, 1.807) is 35.6 Å². The summed E-state index contributed by atoms with van der Waals surface area (Å²) in [5.41, 5.74) is 2.19. The number of thiophene rings is 2. The van der Waals surface area contributed by atoms with Crippen LogP contribution >= 0.6 is 34.3 Å². The first-order valence-corrected chi connectivity index (χ1v) is 12.5. The molecule has 3 heterocycles. The average Bonchev–Trinajstić information content (AvgIpc) is 3.45. The van der Waals surface area contributed by atoms with Crippen molar-refractivity contribution in [3.63, 3.8) is 0 Å². The Balaban J connectivity index is 1.81. The lowest BCUT2D eigenvalue weighted by Gasteiger charge is -2.10. The van der Waals surface area contributed by atoms with Gasteiger partial charge in [0.05, 0.1) is 34.3 Å². The Labute approximate surface area is 205 Å². The highest BCUT2D eigenvalue weighted by Crippen LogP contribution is 2.35. The maximum atomic E-state index is 13.5. The van der Waals surface area contributed by atoms with Gasteiger partial charge in [-0.25, -0.2) is 9.78 Å². The minimum absolute atomic E-state index is 0.211. The number of amides is 1. The summed E-state index contributed by atoms with van der Waals surface area (Å²) in [7, 11) is 1.33. The molecule has 0 atom stereocenters. The zero-order valence-electron chi connectivity index (χ0n) is 18.7. The highest BCUT2D eigenvalue weighted by Gasteiger charge is 2.22. The van der Waals surface area contributed by atoms with Gasteiger partial charge >= 0.3 is 5.97 Å². The molecule has 0 unspecified atom stereocenters. The number of nitrogens with zero attached hydrogens (tertiary/aromatic N) is 1. The van der Waals surface area contributed by atoms with Crippen molar-refractivity contribution in [1.29, 1.82) is 0 Å². The van der Waals surface area contributed by atoms with Gasteiger partial charge < -0.3 is 10.1 Å². The summed E-state index contributed by atoms with van der Waals surface area (Å²) >= 11 is 9.28. The van der Waals surface area contributed by atoms with Gasteiger partial charge in [0.2, 0.25) is 0 Å². The average molecular weight is 499 g/mol. The molecule has 0 radical (unpaired) electrons. The number of nitrogens with one attached hydrogen (secondary N) is 1. The van der Waals surface area contributed by atoms with E-state index in [1.165, 1.54) is 23.3 Å². The van der Waals surface area contributed by atoms with Gasteiger partial charge in [0, 0.05) is 20.2 Å². The van der Waals surface area contributed by atoms with Crippen LogP contribution in [0.5, 0.6) is 0 Å². The fraction of sp³-hybridized carbons (Fsp3) is 0.240. The van der Waals surface area contributed by atoms with Gasteiger partial charge in [-0.3, -0.25) is 4.79 Å². The van der Waals surface area contributed by atoms with Crippen LogP contribution in [0.1, 0.15) is 57.2 Å². The summed E-state index contributed by atoms with van der Waals surface area (Å²) < 4.78 is 4.92. The summed E-state index contributed by atoms with van der Waals surface area (Å²) in [6, 6.07) is 13.0. The van der Waals surface area contributed by atoms with Crippen LogP contribution in [0.15, 0.2) is 42.5 Å². The molecule has 1 amide bonds. The quantitative estimate of drug-likeness (QED) is 0.281. The molecule has 1 N–H and O–H groups in total. The molecule has 8 heteroatoms. The largest absolute Gasteiger partial charge is 0.465 e. The number of benzene rings is 1. The molecule has 170 valence electrons. The van der Waals surface area contributed by atoms with E-state index in [4.69, 9.17) is 21.3 Å². The molecule has 33 heavy (non-hydrogen) atoms. The van der Waals surface area contributed by atoms with Crippen molar-refractivity contribution in [2.24, 2.45) is 0 Å². The summed E-state index contributed by atoms with van der Waals surface area (Å²) in [4.78, 5) is 33.8. The molecule has 0 fully saturated rings. The third kappa shape index (κ3) is 4.81. The third-order valence-corrected chi connectivity index (χ3v) is 8.07. The van der Waals surface area contributed by atoms with Gasteiger partial charge in [-0.05, 0) is 54.8 Å². The Morgan fingerprint density at radius 1 is 1.09 bits per heavy atom. The van der Waals surface area contributed by atoms with E-state index in [0.29, 0.717) is 32.1 Å². The fourth-order valence-electron chi connectivity index (χ4n) is 3.44. The summed E-state index contributed by atoms with van der Waals surface area (Å²) in [6.45, 7) is 6.18. The molecule has 1 aromatic carbocycles. The predicted molar refractivity (Wildman–Crippen MR) is 137 cm³/mol. The maximum Gasteiger partial charge on any atom is 0.340 e. The van der Waals surface area contributed by atoms with Crippen molar-refractivity contribution in [1.82, 2.24) is 4.98 Å². The molecule has 0 aliphatic heterocycles. The summed E-state index contributed by atoms with van der Waals surface area (Å²) in [5.74, 6) is -0.606. The molecule has 0 saturated carbocycles. The predicted octanol–water partition coefficient (Wildman–Crippen LogP) is 7.40. The molecule has 0 spiro atoms. The molecule has 0 aliphatic rings. The standard InChI is InChI=1S/C25H23ClN2O3S2/c1-5-15-7-9-21(32-15)20-11-17(16-10-14(26)6-8-19(16)27-20)23(29)28-24-18(25(30)31-4)12-22(33-24)13(2)3/h6-13H,5H2,1-4H3,(H,28,29). The topological polar surface area (TPSA) is 68.3 Å². The van der Waals surface area contributed by atoms with Crippen molar-refractivity contribution in [2.45, 2.75) is 33.1 Å². The number of hydrogen-bond acceptors (Lipinski definition) is 6. The van der Waals surface area contributed by atoms with E-state index in [1.807, 2.05) is 26.0 Å². The van der Waals surface area contributed by atoms with Crippen molar-refractivity contribution in [3.8, 4) is 10.6 Å². The number of pyridine rings is 1. The zero-order chi connectivity index (χ0) is 23.7. The zero-order valence-corrected chi connectivity index (χ0v) is 21.1. The van der Waals surface area contributed by atoms with Gasteiger partial charge in [0.1, 0.15) is 5.00 Å². The van der Waals surface area contributed by atoms with Crippen LogP contribution in [0.4, 0.5) is 5.00 Å². The molecule has 3 aromatic heterocycles. The van der Waals surface area contributed by atoms with Crippen molar-refractivity contribution in [2.75, 3.05) is 12.4 Å². The molecule has 0 saturated heterocycles. The molecule has 4 aromatic rings. The number of halogens is 1. The molecular weight excluding hydrogens is 476 g/mol. The number of hydrogen-bond donors (Lipinski definition) is 1. The van der Waals surface area contributed by atoms with Crippen LogP contribution in [-0.4, -0.2) is 24.0 Å². The summed E-state index contributed by atoms with van der Waals surface area (Å²) in [6.07, 6.45) is 0.939. The number of rotatable bonds is 6. The van der Waals surface area contributed by atoms with Crippen LogP contribution in [0, 0.1) is 0 Å². The van der Waals surface area contributed by atoms with Gasteiger partial charge in [0.15, 0.2) is 0 Å². The normalized spacial score (nSPS) is 11.2. The first-order valence-electron chi connectivity index (χ1n) is 10.5. The number of carbonyl (C=O) groups is 2. The van der Waals surface area contributed by atoms with Crippen LogP contribution < -0.4 is 5.32 Å². The smallest absolute Gasteiger partial charge is 0.340 e. The van der Waals surface area contributed by atoms with Crippen LogP contribution in [-0.2, 0) is 11.2 Å². The Bertz CT molecular complexity index is 1360. The highest BCUT2D eigenvalue weighted by atomic mass is 35.5. The second-order valence-electron chi connectivity index (χ2n) is 7.83. The molecule has 5 nitrogen and oxygen atoms in total. The monoisotopic (exact) mass is 498 g/mol. The van der Waals surface area contributed by atoms with Gasteiger partial charge in [-0.15, -0.1) is 22.7 Å². The highest BCUT2D eigenvalue weighted by molar-refractivity contribution is 7.17. The number of anilines is 1. The minimum Gasteiger partial charge on any atom is -0.465 e. The second kappa shape index (κ2) is 9.63. The van der Waals surface area contributed by atoms with Crippen LogP contribution in [0.3, 0.4) is 0 Å². The Morgan fingerprint density at radius 3 is 2.55 bits per heavy atom. The number of methoxy groups -OCH3 is 1. The van der Waals surface area contributed by atoms with Gasteiger partial charge in [0.25, 0.3) is 5.91 Å². The fourth-order valence-corrected chi connectivity index (χ4v) is 5.56. The van der Waals surface area contributed by atoms with E-state index < -0.39 is 5.97 Å². The Morgan fingerprint density at radius 2 is 1.88 bits per heavy atom. The summed E-state index contributed by atoms with van der Waals surface area (Å²) in [5, 5.41) is 4.57. The van der Waals surface area contributed by atoms with Gasteiger partial charge in [-0.1, -0.05) is 32.4 Å². The second-order valence-corrected chi connectivity index (χ2v) is 10.5. The van der Waals surface area contributed by atoms with E-state index in [2.05, 4.69) is 18.3 Å². The van der Waals surface area contributed by atoms with E-state index in [9.17, 15) is 9.59 Å². The lowest BCUT2D eigenvalue weighted by molar-refractivity contribution is 0.0602. The molecule has 0 aliphatic carbocycles. The maximum absolute atomic E-state index is 13.5. The van der Waals surface area contributed by atoms with Gasteiger partial charge in [-0.2, -0.15) is 0 Å². The third-order valence-electron chi connectivity index (χ3n) is 5.23. The number of aryl methyl sites for hydroxylation is 1. The first kappa shape index (κ1) is 23.4. The first-order chi connectivity index (χ1) is 15.8. The van der Waals surface area contributed by atoms with E-state index in [0.717, 1.165) is 21.9 Å². The van der Waals surface area contributed by atoms with Crippen LogP contribution in [0.2, 0.25) is 5.02 Å². The number of aromatic nitrogens is 1. The SMILES string of the molecule is CCc1ccc(-c2cc(C(=O)Nc3sc(C(C)C)cc3C(=O)OC)c3cc(Cl)ccc3n2)s1. The minimum atomic E-state index is -0.484. The lowest BCUT2D eigenvalue weighted by Crippen LogP contribution is -2.14. The van der Waals surface area contributed by atoms with Crippen molar-refractivity contribution >= 4 is 62.1 Å². The number of fused-ring (bicyclic) bond motifs is 1. The Kier molecular flexibility index (Phi) is 6.83. The lowest BCUT2D eigenvalue weighted by atomic mass is 10.1. The number of carbonyl (C=O) groups excluding carboxylic acids is 2. The Hall–Kier alpha value is -2.74. The van der Waals surface area contributed by atoms with Crippen LogP contribution in [0.25, 0.3) is 21.5 Å². The van der Waals surface area contributed by atoms with E-state index >= 15 is 0 Å². The van der Waals surface area contributed by atoms with E-state index in [-0.39, 0.29) is 11.8 Å². The van der Waals surface area contributed by atoms with Crippen molar-refractivity contribution < 1.29 is 14.3 Å². The molecule has 4 rings (SSSR count). The number of esters is 1. The number of ether oxygens (including phenoxy) is 1.